The molecule has 14 heavy (non-hydrogen) atoms. The van der Waals surface area contributed by atoms with Gasteiger partial charge in [-0.2, -0.15) is 0 Å². The number of ketones is 1. The molecule has 0 bridgehead atoms. The fourth-order valence-corrected chi connectivity index (χ4v) is 1.44. The summed E-state index contributed by atoms with van der Waals surface area (Å²) in [7, 11) is 0. The molecule has 0 saturated carbocycles. The van der Waals surface area contributed by atoms with Crippen molar-refractivity contribution in [3.63, 3.8) is 0 Å². The van der Waals surface area contributed by atoms with Crippen LogP contribution >= 0.6 is 23.2 Å². The number of halogens is 2. The standard InChI is InChI=1S/C10H11Cl2NO/c1-2-13-6-10(14)8-5-7(11)3-4-9(8)12/h3-5,13H,2,6H2,1H3. The maximum Gasteiger partial charge on any atom is 0.178 e. The van der Waals surface area contributed by atoms with Gasteiger partial charge in [0, 0.05) is 10.6 Å². The van der Waals surface area contributed by atoms with Crippen LogP contribution in [-0.4, -0.2) is 18.9 Å². The van der Waals surface area contributed by atoms with Gasteiger partial charge in [-0.3, -0.25) is 4.79 Å². The van der Waals surface area contributed by atoms with Gasteiger partial charge >= 0.3 is 0 Å². The molecule has 0 aliphatic carbocycles. The zero-order valence-electron chi connectivity index (χ0n) is 7.81. The lowest BCUT2D eigenvalue weighted by atomic mass is 10.1. The van der Waals surface area contributed by atoms with Gasteiger partial charge in [0.25, 0.3) is 0 Å². The number of likely N-dealkylation sites (N-methyl/N-ethyl adjacent to an activating group) is 1. The van der Waals surface area contributed by atoms with Gasteiger partial charge in [-0.05, 0) is 24.7 Å². The van der Waals surface area contributed by atoms with Gasteiger partial charge in [0.05, 0.1) is 11.6 Å². The van der Waals surface area contributed by atoms with Crippen LogP contribution in [0.2, 0.25) is 10.0 Å². The number of benzene rings is 1. The molecule has 0 unspecified atom stereocenters. The maximum absolute atomic E-state index is 11.6. The van der Waals surface area contributed by atoms with E-state index in [4.69, 9.17) is 23.2 Å². The van der Waals surface area contributed by atoms with Gasteiger partial charge in [-0.15, -0.1) is 0 Å². The summed E-state index contributed by atoms with van der Waals surface area (Å²) in [4.78, 5) is 11.6. The maximum atomic E-state index is 11.6. The first kappa shape index (κ1) is 11.5. The second-order valence-electron chi connectivity index (χ2n) is 2.83. The third-order valence-electron chi connectivity index (χ3n) is 1.76. The fraction of sp³-hybridized carbons (Fsp3) is 0.300. The minimum atomic E-state index is -0.0423. The molecule has 0 heterocycles. The molecule has 0 aliphatic heterocycles. The Kier molecular flexibility index (Phi) is 4.39. The highest BCUT2D eigenvalue weighted by Gasteiger charge is 2.09. The van der Waals surface area contributed by atoms with Gasteiger partial charge in [-0.25, -0.2) is 0 Å². The van der Waals surface area contributed by atoms with E-state index in [9.17, 15) is 4.79 Å². The van der Waals surface area contributed by atoms with Gasteiger partial charge < -0.3 is 5.32 Å². The molecule has 0 amide bonds. The van der Waals surface area contributed by atoms with E-state index in [0.717, 1.165) is 6.54 Å². The predicted molar refractivity (Wildman–Crippen MR) is 59.3 cm³/mol. The number of carbonyl (C=O) groups is 1. The molecule has 76 valence electrons. The van der Waals surface area contributed by atoms with Crippen LogP contribution in [0.25, 0.3) is 0 Å². The van der Waals surface area contributed by atoms with E-state index in [2.05, 4.69) is 5.32 Å². The van der Waals surface area contributed by atoms with Crippen molar-refractivity contribution in [2.75, 3.05) is 13.1 Å². The van der Waals surface area contributed by atoms with Crippen LogP contribution in [0.15, 0.2) is 18.2 Å². The van der Waals surface area contributed by atoms with Gasteiger partial charge in [0.1, 0.15) is 0 Å². The highest BCUT2D eigenvalue weighted by atomic mass is 35.5. The summed E-state index contributed by atoms with van der Waals surface area (Å²) < 4.78 is 0. The zero-order chi connectivity index (χ0) is 10.6. The third kappa shape index (κ3) is 2.98. The molecular weight excluding hydrogens is 221 g/mol. The normalized spacial score (nSPS) is 10.2. The Bertz CT molecular complexity index is 339. The Labute approximate surface area is 93.2 Å². The molecule has 0 atom stereocenters. The van der Waals surface area contributed by atoms with Crippen molar-refractivity contribution in [3.8, 4) is 0 Å². The van der Waals surface area contributed by atoms with Crippen molar-refractivity contribution in [2.45, 2.75) is 6.92 Å². The molecule has 1 aromatic carbocycles. The highest BCUT2D eigenvalue weighted by Crippen LogP contribution is 2.20. The smallest absolute Gasteiger partial charge is 0.178 e. The molecule has 1 N–H and O–H groups in total. The van der Waals surface area contributed by atoms with Crippen LogP contribution in [0.4, 0.5) is 0 Å². The average Bonchev–Trinajstić information content (AvgIpc) is 2.18. The SMILES string of the molecule is CCNCC(=O)c1cc(Cl)ccc1Cl. The van der Waals surface area contributed by atoms with Crippen LogP contribution in [-0.2, 0) is 0 Å². The van der Waals surface area contributed by atoms with Crippen molar-refractivity contribution in [1.29, 1.82) is 0 Å². The minimum Gasteiger partial charge on any atom is -0.310 e. The summed E-state index contributed by atoms with van der Waals surface area (Å²) in [6.45, 7) is 2.98. The molecule has 1 rings (SSSR count). The van der Waals surface area contributed by atoms with E-state index < -0.39 is 0 Å². The molecule has 4 heteroatoms. The summed E-state index contributed by atoms with van der Waals surface area (Å²) in [5.74, 6) is -0.0423. The largest absolute Gasteiger partial charge is 0.310 e. The van der Waals surface area contributed by atoms with Gasteiger partial charge in [0.15, 0.2) is 5.78 Å². The summed E-state index contributed by atoms with van der Waals surface area (Å²) in [5, 5.41) is 3.91. The molecule has 2 nitrogen and oxygen atoms in total. The lowest BCUT2D eigenvalue weighted by Gasteiger charge is -2.04. The summed E-state index contributed by atoms with van der Waals surface area (Å²) >= 11 is 11.6. The monoisotopic (exact) mass is 231 g/mol. The average molecular weight is 232 g/mol. The molecule has 0 aromatic heterocycles. The van der Waals surface area contributed by atoms with E-state index >= 15 is 0 Å². The van der Waals surface area contributed by atoms with Crippen molar-refractivity contribution >= 4 is 29.0 Å². The Balaban J connectivity index is 2.83. The lowest BCUT2D eigenvalue weighted by molar-refractivity contribution is 0.0992. The molecule has 0 aliphatic rings. The van der Waals surface area contributed by atoms with Crippen LogP contribution in [0.5, 0.6) is 0 Å². The zero-order valence-corrected chi connectivity index (χ0v) is 9.32. The lowest BCUT2D eigenvalue weighted by Crippen LogP contribution is -2.22. The van der Waals surface area contributed by atoms with Crippen LogP contribution in [0.1, 0.15) is 17.3 Å². The van der Waals surface area contributed by atoms with Gasteiger partial charge in [-0.1, -0.05) is 30.1 Å². The second kappa shape index (κ2) is 5.35. The number of rotatable bonds is 4. The summed E-state index contributed by atoms with van der Waals surface area (Å²) in [6.07, 6.45) is 0. The van der Waals surface area contributed by atoms with Crippen LogP contribution < -0.4 is 5.32 Å². The van der Waals surface area contributed by atoms with Crippen molar-refractivity contribution in [2.24, 2.45) is 0 Å². The Morgan fingerprint density at radius 2 is 2.14 bits per heavy atom. The van der Waals surface area contributed by atoms with E-state index in [-0.39, 0.29) is 12.3 Å². The first-order chi connectivity index (χ1) is 6.65. The van der Waals surface area contributed by atoms with Crippen LogP contribution in [0.3, 0.4) is 0 Å². The fourth-order valence-electron chi connectivity index (χ4n) is 1.04. The molecule has 0 radical (unpaired) electrons. The first-order valence-corrected chi connectivity index (χ1v) is 5.09. The minimum absolute atomic E-state index is 0.0423. The van der Waals surface area contributed by atoms with E-state index in [1.54, 1.807) is 18.2 Å². The molecular formula is C10H11Cl2NO. The van der Waals surface area contributed by atoms with E-state index in [1.807, 2.05) is 6.92 Å². The number of hydrogen-bond donors (Lipinski definition) is 1. The Morgan fingerprint density at radius 1 is 1.43 bits per heavy atom. The number of carbonyl (C=O) groups excluding carboxylic acids is 1. The Hall–Kier alpha value is -0.570. The van der Waals surface area contributed by atoms with E-state index in [1.165, 1.54) is 0 Å². The Morgan fingerprint density at radius 3 is 2.79 bits per heavy atom. The van der Waals surface area contributed by atoms with Crippen molar-refractivity contribution < 1.29 is 4.79 Å². The summed E-state index contributed by atoms with van der Waals surface area (Å²) in [6, 6.07) is 4.88. The second-order valence-corrected chi connectivity index (χ2v) is 3.67. The number of Topliss-reactive ketones (excluding diaryl/α,β-unsaturated/α-hetero) is 1. The quantitative estimate of drug-likeness (QED) is 0.808. The van der Waals surface area contributed by atoms with Crippen molar-refractivity contribution in [1.82, 2.24) is 5.32 Å². The molecule has 0 fully saturated rings. The molecule has 0 saturated heterocycles. The van der Waals surface area contributed by atoms with Gasteiger partial charge in [0.2, 0.25) is 0 Å². The summed E-state index contributed by atoms with van der Waals surface area (Å²) in [5.41, 5.74) is 0.472. The van der Waals surface area contributed by atoms with Crippen molar-refractivity contribution in [3.05, 3.63) is 33.8 Å². The number of hydrogen-bond acceptors (Lipinski definition) is 2. The predicted octanol–water partition coefficient (Wildman–Crippen LogP) is 2.79. The molecule has 1 aromatic rings. The first-order valence-electron chi connectivity index (χ1n) is 4.34. The molecule has 0 spiro atoms. The topological polar surface area (TPSA) is 29.1 Å². The van der Waals surface area contributed by atoms with E-state index in [0.29, 0.717) is 15.6 Å². The third-order valence-corrected chi connectivity index (χ3v) is 2.33. The highest BCUT2D eigenvalue weighted by molar-refractivity contribution is 6.36. The number of nitrogens with one attached hydrogen (secondary N) is 1. The van der Waals surface area contributed by atoms with Crippen LogP contribution in [0, 0.1) is 0 Å².